The van der Waals surface area contributed by atoms with Crippen molar-refractivity contribution < 1.29 is 22.3 Å². The normalized spacial score (nSPS) is 11.5. The summed E-state index contributed by atoms with van der Waals surface area (Å²) >= 11 is 5.89. The monoisotopic (exact) mass is 400 g/mol. The van der Waals surface area contributed by atoms with Crippen LogP contribution in [0.25, 0.3) is 0 Å². The van der Waals surface area contributed by atoms with Gasteiger partial charge in [-0.3, -0.25) is 4.79 Å². The van der Waals surface area contributed by atoms with Crippen LogP contribution < -0.4 is 14.8 Å². The molecule has 0 radical (unpaired) electrons. The van der Waals surface area contributed by atoms with Gasteiger partial charge in [-0.25, -0.2) is 17.5 Å². The third-order valence-electron chi connectivity index (χ3n) is 3.29. The van der Waals surface area contributed by atoms with Gasteiger partial charge < -0.3 is 10.1 Å². The minimum atomic E-state index is -3.88. The number of rotatable bonds is 6. The highest BCUT2D eigenvalue weighted by molar-refractivity contribution is 7.89. The fourth-order valence-electron chi connectivity index (χ4n) is 2.19. The molecule has 0 fully saturated rings. The lowest BCUT2D eigenvalue weighted by Gasteiger charge is -2.14. The van der Waals surface area contributed by atoms with Crippen molar-refractivity contribution >= 4 is 33.2 Å². The van der Waals surface area contributed by atoms with Crippen LogP contribution >= 0.6 is 11.6 Å². The molecule has 9 heteroatoms. The third-order valence-corrected chi connectivity index (χ3v) is 5.28. The van der Waals surface area contributed by atoms with Gasteiger partial charge in [0.25, 0.3) is 5.91 Å². The molecule has 1 amide bonds. The molecule has 26 heavy (non-hydrogen) atoms. The summed E-state index contributed by atoms with van der Waals surface area (Å²) < 4.78 is 45.5. The summed E-state index contributed by atoms with van der Waals surface area (Å²) in [6.07, 6.45) is 0. The lowest BCUT2D eigenvalue weighted by Crippen LogP contribution is -2.30. The first-order valence-corrected chi connectivity index (χ1v) is 9.47. The van der Waals surface area contributed by atoms with Crippen molar-refractivity contribution in [2.75, 3.05) is 12.4 Å². The zero-order valence-corrected chi connectivity index (χ0v) is 15.9. The average Bonchev–Trinajstić information content (AvgIpc) is 2.55. The number of hydrogen-bond donors (Lipinski definition) is 2. The summed E-state index contributed by atoms with van der Waals surface area (Å²) in [6, 6.07) is 7.20. The number of carbonyl (C=O) groups excluding carboxylic acids is 1. The number of halogens is 2. The van der Waals surface area contributed by atoms with Crippen LogP contribution in [0.4, 0.5) is 10.1 Å². The molecule has 0 unspecified atom stereocenters. The van der Waals surface area contributed by atoms with Crippen LogP contribution in [0.3, 0.4) is 0 Å². The first-order chi connectivity index (χ1) is 12.1. The van der Waals surface area contributed by atoms with Gasteiger partial charge in [-0.2, -0.15) is 0 Å². The van der Waals surface area contributed by atoms with E-state index in [0.717, 1.165) is 12.1 Å². The Bertz CT molecular complexity index is 932. The number of amides is 1. The Labute approximate surface area is 156 Å². The van der Waals surface area contributed by atoms with Crippen molar-refractivity contribution in [1.29, 1.82) is 0 Å². The van der Waals surface area contributed by atoms with E-state index in [4.69, 9.17) is 16.3 Å². The molecule has 6 nitrogen and oxygen atoms in total. The molecule has 140 valence electrons. The van der Waals surface area contributed by atoms with Crippen LogP contribution in [0, 0.1) is 5.82 Å². The summed E-state index contributed by atoms with van der Waals surface area (Å²) in [5.41, 5.74) is 0.286. The van der Waals surface area contributed by atoms with Gasteiger partial charge in [0.1, 0.15) is 16.5 Å². The Hall–Kier alpha value is -2.16. The van der Waals surface area contributed by atoms with E-state index in [1.807, 2.05) is 0 Å². The van der Waals surface area contributed by atoms with E-state index in [1.165, 1.54) is 31.4 Å². The predicted molar refractivity (Wildman–Crippen MR) is 97.8 cm³/mol. The highest BCUT2D eigenvalue weighted by Gasteiger charge is 2.22. The highest BCUT2D eigenvalue weighted by atomic mass is 35.5. The Morgan fingerprint density at radius 1 is 1.19 bits per heavy atom. The van der Waals surface area contributed by atoms with Gasteiger partial charge in [0.05, 0.1) is 17.8 Å². The highest BCUT2D eigenvalue weighted by Crippen LogP contribution is 2.27. The molecular formula is C17H18ClFN2O4S. The standard InChI is InChI=1S/C17H18ClFN2O4S/c1-10(2)21-26(23,24)16-8-11(4-7-15(16)25-3)17(22)20-14-6-5-12(19)9-13(14)18/h4-10,21H,1-3H3,(H,20,22). The molecule has 0 spiro atoms. The smallest absolute Gasteiger partial charge is 0.255 e. The van der Waals surface area contributed by atoms with E-state index in [0.29, 0.717) is 0 Å². The number of benzene rings is 2. The second-order valence-electron chi connectivity index (χ2n) is 5.72. The summed E-state index contributed by atoms with van der Waals surface area (Å²) in [5.74, 6) is -1.03. The van der Waals surface area contributed by atoms with Crippen LogP contribution in [0.5, 0.6) is 5.75 Å². The number of anilines is 1. The number of ether oxygens (including phenoxy) is 1. The topological polar surface area (TPSA) is 84.5 Å². The molecule has 2 N–H and O–H groups in total. The molecule has 2 rings (SSSR count). The number of sulfonamides is 1. The zero-order valence-electron chi connectivity index (χ0n) is 14.3. The van der Waals surface area contributed by atoms with E-state index in [9.17, 15) is 17.6 Å². The fraction of sp³-hybridized carbons (Fsp3) is 0.235. The van der Waals surface area contributed by atoms with E-state index in [-0.39, 0.29) is 33.0 Å². The molecule has 0 bridgehead atoms. The van der Waals surface area contributed by atoms with Gasteiger partial charge in [0.2, 0.25) is 10.0 Å². The first-order valence-electron chi connectivity index (χ1n) is 7.61. The largest absolute Gasteiger partial charge is 0.495 e. The summed E-state index contributed by atoms with van der Waals surface area (Å²) in [5, 5.41) is 2.55. The predicted octanol–water partition coefficient (Wildman–Crippen LogP) is 3.43. The third kappa shape index (κ3) is 4.72. The SMILES string of the molecule is COc1ccc(C(=O)Nc2ccc(F)cc2Cl)cc1S(=O)(=O)NC(C)C. The van der Waals surface area contributed by atoms with Crippen LogP contribution in [0.2, 0.25) is 5.02 Å². The van der Waals surface area contributed by atoms with Crippen molar-refractivity contribution in [3.63, 3.8) is 0 Å². The summed E-state index contributed by atoms with van der Waals surface area (Å²) in [7, 11) is -2.54. The molecule has 0 aliphatic carbocycles. The van der Waals surface area contributed by atoms with E-state index in [1.54, 1.807) is 13.8 Å². The van der Waals surface area contributed by atoms with E-state index in [2.05, 4.69) is 10.0 Å². The molecule has 0 aliphatic heterocycles. The maximum Gasteiger partial charge on any atom is 0.255 e. The summed E-state index contributed by atoms with van der Waals surface area (Å²) in [4.78, 5) is 12.3. The number of methoxy groups -OCH3 is 1. The molecule has 0 aromatic heterocycles. The van der Waals surface area contributed by atoms with Crippen molar-refractivity contribution in [1.82, 2.24) is 4.72 Å². The Kier molecular flexibility index (Phi) is 6.22. The molecule has 0 saturated carbocycles. The molecule has 2 aromatic rings. The van der Waals surface area contributed by atoms with Crippen LogP contribution in [-0.4, -0.2) is 27.5 Å². The van der Waals surface area contributed by atoms with Gasteiger partial charge in [0.15, 0.2) is 0 Å². The van der Waals surface area contributed by atoms with Gasteiger partial charge in [-0.05, 0) is 50.2 Å². The van der Waals surface area contributed by atoms with Gasteiger partial charge in [-0.15, -0.1) is 0 Å². The van der Waals surface area contributed by atoms with Gasteiger partial charge >= 0.3 is 0 Å². The Morgan fingerprint density at radius 3 is 2.46 bits per heavy atom. The minimum absolute atomic E-state index is 0.0289. The molecular weight excluding hydrogens is 383 g/mol. The average molecular weight is 401 g/mol. The second kappa shape index (κ2) is 8.03. The molecule has 0 aliphatic rings. The Morgan fingerprint density at radius 2 is 1.88 bits per heavy atom. The zero-order chi connectivity index (χ0) is 19.5. The number of nitrogens with one attached hydrogen (secondary N) is 2. The number of hydrogen-bond acceptors (Lipinski definition) is 4. The van der Waals surface area contributed by atoms with Crippen LogP contribution in [-0.2, 0) is 10.0 Å². The van der Waals surface area contributed by atoms with Gasteiger partial charge in [0, 0.05) is 11.6 Å². The maximum absolute atomic E-state index is 13.1. The lowest BCUT2D eigenvalue weighted by molar-refractivity contribution is 0.102. The fourth-order valence-corrected chi connectivity index (χ4v) is 3.85. The number of carbonyl (C=O) groups is 1. The lowest BCUT2D eigenvalue weighted by atomic mass is 10.2. The maximum atomic E-state index is 13.1. The quantitative estimate of drug-likeness (QED) is 0.778. The molecule has 2 aromatic carbocycles. The Balaban J connectivity index is 2.38. The molecule has 0 heterocycles. The van der Waals surface area contributed by atoms with E-state index >= 15 is 0 Å². The van der Waals surface area contributed by atoms with Crippen molar-refractivity contribution in [3.8, 4) is 5.75 Å². The second-order valence-corrected chi connectivity index (χ2v) is 7.81. The molecule has 0 atom stereocenters. The van der Waals surface area contributed by atoms with Gasteiger partial charge in [-0.1, -0.05) is 11.6 Å². The molecule has 0 saturated heterocycles. The van der Waals surface area contributed by atoms with Crippen molar-refractivity contribution in [2.24, 2.45) is 0 Å². The van der Waals surface area contributed by atoms with Crippen LogP contribution in [0.1, 0.15) is 24.2 Å². The van der Waals surface area contributed by atoms with Crippen molar-refractivity contribution in [3.05, 3.63) is 52.8 Å². The first kappa shape index (κ1) is 20.2. The summed E-state index contributed by atoms with van der Waals surface area (Å²) in [6.45, 7) is 3.36. The van der Waals surface area contributed by atoms with Crippen molar-refractivity contribution in [2.45, 2.75) is 24.8 Å². The minimum Gasteiger partial charge on any atom is -0.495 e. The van der Waals surface area contributed by atoms with E-state index < -0.39 is 21.7 Å². The van der Waals surface area contributed by atoms with Crippen LogP contribution in [0.15, 0.2) is 41.3 Å².